The van der Waals surface area contributed by atoms with E-state index in [2.05, 4.69) is 4.98 Å². The molecule has 0 radical (unpaired) electrons. The fourth-order valence-corrected chi connectivity index (χ4v) is 4.51. The molecule has 0 fully saturated rings. The Kier molecular flexibility index (Phi) is 6.95. The van der Waals surface area contributed by atoms with E-state index in [0.717, 1.165) is 24.8 Å². The monoisotopic (exact) mass is 479 g/mol. The molecule has 0 bridgehead atoms. The lowest BCUT2D eigenvalue weighted by atomic mass is 10.1. The van der Waals surface area contributed by atoms with Crippen molar-refractivity contribution in [1.82, 2.24) is 23.1 Å². The average Bonchev–Trinajstić information content (AvgIpc) is 3.23. The number of rotatable bonds is 9. The van der Waals surface area contributed by atoms with Gasteiger partial charge in [0, 0.05) is 13.1 Å². The first-order chi connectivity index (χ1) is 16.8. The van der Waals surface area contributed by atoms with Crippen LogP contribution in [-0.2, 0) is 19.6 Å². The van der Waals surface area contributed by atoms with Gasteiger partial charge in [-0.1, -0.05) is 70.9 Å². The maximum absolute atomic E-state index is 13.6. The van der Waals surface area contributed by atoms with Crippen molar-refractivity contribution >= 4 is 16.9 Å². The van der Waals surface area contributed by atoms with E-state index in [0.29, 0.717) is 13.0 Å². The maximum atomic E-state index is 13.6. The molecule has 0 aliphatic heterocycles. The van der Waals surface area contributed by atoms with Gasteiger partial charge in [0.05, 0.1) is 12.1 Å². The molecular formula is C26H33N5O4. The molecule has 186 valence electrons. The van der Waals surface area contributed by atoms with Crippen LogP contribution in [0.5, 0.6) is 5.88 Å². The van der Waals surface area contributed by atoms with Gasteiger partial charge < -0.3 is 5.11 Å². The molecule has 0 atom stereocenters. The summed E-state index contributed by atoms with van der Waals surface area (Å²) in [4.78, 5) is 45.2. The Bertz CT molecular complexity index is 1540. The lowest BCUT2D eigenvalue weighted by Gasteiger charge is -2.15. The predicted octanol–water partition coefficient (Wildman–Crippen LogP) is 3.45. The molecule has 4 aromatic rings. The molecule has 35 heavy (non-hydrogen) atoms. The molecule has 1 N–H and O–H groups in total. The lowest BCUT2D eigenvalue weighted by molar-refractivity contribution is 0.430. The number of imidazole rings is 1. The summed E-state index contributed by atoms with van der Waals surface area (Å²) in [6, 6.07) is 9.48. The van der Waals surface area contributed by atoms with Crippen LogP contribution in [0.1, 0.15) is 70.4 Å². The van der Waals surface area contributed by atoms with Crippen molar-refractivity contribution in [3.05, 3.63) is 72.7 Å². The number of aryl methyl sites for hydroxylation is 1. The molecule has 3 aromatic heterocycles. The van der Waals surface area contributed by atoms with Crippen molar-refractivity contribution in [2.45, 2.75) is 78.9 Å². The first kappa shape index (κ1) is 24.5. The van der Waals surface area contributed by atoms with Crippen LogP contribution in [-0.4, -0.2) is 28.2 Å². The molecule has 4 rings (SSSR count). The van der Waals surface area contributed by atoms with Crippen LogP contribution < -0.4 is 16.8 Å². The summed E-state index contributed by atoms with van der Waals surface area (Å²) in [5, 5.41) is 11.3. The highest BCUT2D eigenvalue weighted by Gasteiger charge is 2.26. The Morgan fingerprint density at radius 2 is 1.51 bits per heavy atom. The Morgan fingerprint density at radius 3 is 2.11 bits per heavy atom. The summed E-state index contributed by atoms with van der Waals surface area (Å²) in [6.45, 7) is 8.56. The van der Waals surface area contributed by atoms with Crippen molar-refractivity contribution in [2.75, 3.05) is 0 Å². The zero-order chi connectivity index (χ0) is 25.3. The molecule has 9 heteroatoms. The molecular weight excluding hydrogens is 446 g/mol. The first-order valence-corrected chi connectivity index (χ1v) is 12.4. The minimum Gasteiger partial charge on any atom is -0.494 e. The summed E-state index contributed by atoms with van der Waals surface area (Å²) in [7, 11) is 0. The fourth-order valence-electron chi connectivity index (χ4n) is 4.51. The van der Waals surface area contributed by atoms with Gasteiger partial charge in [-0.15, -0.1) is 0 Å². The van der Waals surface area contributed by atoms with E-state index >= 15 is 0 Å². The second-order valence-corrected chi connectivity index (χ2v) is 9.29. The number of unbranched alkanes of at least 4 members (excludes halogenated alkanes) is 2. The highest BCUT2D eigenvalue weighted by Crippen LogP contribution is 2.26. The Morgan fingerprint density at radius 1 is 0.886 bits per heavy atom. The molecule has 0 saturated carbocycles. The number of hydrogen-bond donors (Lipinski definition) is 1. The summed E-state index contributed by atoms with van der Waals surface area (Å²) in [5.74, 6) is -0.447. The van der Waals surface area contributed by atoms with Gasteiger partial charge in [-0.3, -0.25) is 23.3 Å². The zero-order valence-corrected chi connectivity index (χ0v) is 20.8. The third-order valence-corrected chi connectivity index (χ3v) is 6.41. The SMILES string of the molecule is CCCCn1c(=O)c2c(nc3n(Cc4ccccc4)c(=O)c(C(C)C)c(O)n23)n(CCCC)c1=O. The normalized spacial score (nSPS) is 11.8. The van der Waals surface area contributed by atoms with E-state index in [1.54, 1.807) is 0 Å². The number of nitrogens with zero attached hydrogens (tertiary/aromatic N) is 5. The average molecular weight is 480 g/mol. The van der Waals surface area contributed by atoms with E-state index in [4.69, 9.17) is 0 Å². The van der Waals surface area contributed by atoms with Gasteiger partial charge in [0.1, 0.15) is 0 Å². The molecule has 0 aliphatic rings. The summed E-state index contributed by atoms with van der Waals surface area (Å²) < 4.78 is 5.59. The standard InChI is InChI=1S/C26H33N5O4/c1-5-7-14-28-21-20(24(34)29(26(28)35)15-8-6-2)31-23(33)19(17(3)4)22(32)30(25(31)27-21)16-18-12-10-9-11-13-18/h9-13,17,33H,5-8,14-16H2,1-4H3. The minimum atomic E-state index is -0.506. The van der Waals surface area contributed by atoms with E-state index < -0.39 is 11.2 Å². The number of aromatic nitrogens is 5. The van der Waals surface area contributed by atoms with E-state index in [-0.39, 0.29) is 53.0 Å². The molecule has 9 nitrogen and oxygen atoms in total. The maximum Gasteiger partial charge on any atom is 0.332 e. The molecule has 0 amide bonds. The van der Waals surface area contributed by atoms with Gasteiger partial charge in [-0.2, -0.15) is 4.98 Å². The third kappa shape index (κ3) is 4.19. The van der Waals surface area contributed by atoms with Crippen LogP contribution in [0.15, 0.2) is 44.7 Å². The molecule has 0 saturated heterocycles. The van der Waals surface area contributed by atoms with Gasteiger partial charge in [-0.25, -0.2) is 9.20 Å². The second-order valence-electron chi connectivity index (χ2n) is 9.29. The molecule has 0 unspecified atom stereocenters. The molecule has 0 aliphatic carbocycles. The smallest absolute Gasteiger partial charge is 0.332 e. The second kappa shape index (κ2) is 9.93. The minimum absolute atomic E-state index is 0.119. The van der Waals surface area contributed by atoms with Crippen LogP contribution in [0, 0.1) is 0 Å². The number of aromatic hydroxyl groups is 1. The van der Waals surface area contributed by atoms with Crippen molar-refractivity contribution < 1.29 is 5.11 Å². The number of benzene rings is 1. The van der Waals surface area contributed by atoms with Crippen LogP contribution >= 0.6 is 0 Å². The van der Waals surface area contributed by atoms with Crippen molar-refractivity contribution in [3.8, 4) is 5.88 Å². The van der Waals surface area contributed by atoms with E-state index in [1.165, 1.54) is 18.1 Å². The largest absolute Gasteiger partial charge is 0.494 e. The van der Waals surface area contributed by atoms with Crippen molar-refractivity contribution in [3.63, 3.8) is 0 Å². The third-order valence-electron chi connectivity index (χ3n) is 6.41. The van der Waals surface area contributed by atoms with Crippen LogP contribution in [0.2, 0.25) is 0 Å². The predicted molar refractivity (Wildman–Crippen MR) is 137 cm³/mol. The van der Waals surface area contributed by atoms with Crippen LogP contribution in [0.3, 0.4) is 0 Å². The number of fused-ring (bicyclic) bond motifs is 3. The quantitative estimate of drug-likeness (QED) is 0.396. The van der Waals surface area contributed by atoms with Crippen molar-refractivity contribution in [2.24, 2.45) is 0 Å². The van der Waals surface area contributed by atoms with Gasteiger partial charge in [-0.05, 0) is 24.3 Å². The highest BCUT2D eigenvalue weighted by atomic mass is 16.3. The zero-order valence-electron chi connectivity index (χ0n) is 20.8. The Hall–Kier alpha value is -3.62. The Labute approximate surface area is 202 Å². The van der Waals surface area contributed by atoms with E-state index in [9.17, 15) is 19.5 Å². The van der Waals surface area contributed by atoms with Gasteiger partial charge in [0.2, 0.25) is 11.7 Å². The lowest BCUT2D eigenvalue weighted by Crippen LogP contribution is -2.40. The topological polar surface area (TPSA) is 104 Å². The van der Waals surface area contributed by atoms with Gasteiger partial charge in [0.15, 0.2) is 11.2 Å². The van der Waals surface area contributed by atoms with Crippen LogP contribution in [0.4, 0.5) is 0 Å². The summed E-state index contributed by atoms with van der Waals surface area (Å²) >= 11 is 0. The van der Waals surface area contributed by atoms with Crippen molar-refractivity contribution in [1.29, 1.82) is 0 Å². The number of hydrogen-bond acceptors (Lipinski definition) is 5. The summed E-state index contributed by atoms with van der Waals surface area (Å²) in [6.07, 6.45) is 3.09. The Balaban J connectivity index is 2.18. The molecule has 3 heterocycles. The van der Waals surface area contributed by atoms with Gasteiger partial charge in [0.25, 0.3) is 11.1 Å². The van der Waals surface area contributed by atoms with Crippen LogP contribution in [0.25, 0.3) is 16.9 Å². The first-order valence-electron chi connectivity index (χ1n) is 12.4. The molecule has 1 aromatic carbocycles. The van der Waals surface area contributed by atoms with E-state index in [1.807, 2.05) is 58.0 Å². The van der Waals surface area contributed by atoms with Gasteiger partial charge >= 0.3 is 5.69 Å². The highest BCUT2D eigenvalue weighted by molar-refractivity contribution is 5.76. The fraction of sp³-hybridized carbons (Fsp3) is 0.462. The molecule has 0 spiro atoms. The summed E-state index contributed by atoms with van der Waals surface area (Å²) in [5.41, 5.74) is 0.123.